The Morgan fingerprint density at radius 3 is 1.36 bits per heavy atom. The second-order valence-electron chi connectivity index (χ2n) is 10.3. The Morgan fingerprint density at radius 1 is 0.660 bits per heavy atom. The van der Waals surface area contributed by atoms with Crippen LogP contribution in [0, 0.1) is 18.8 Å². The van der Waals surface area contributed by atoms with E-state index in [1.54, 1.807) is 24.3 Å². The van der Waals surface area contributed by atoms with Crippen LogP contribution >= 0.6 is 45.2 Å². The van der Waals surface area contributed by atoms with Crippen LogP contribution in [0.4, 0.5) is 8.78 Å². The predicted molar refractivity (Wildman–Crippen MR) is 223 cm³/mol. The third-order valence-corrected chi connectivity index (χ3v) is 8.86. The number of halogens is 4. The third-order valence-electron chi connectivity index (χ3n) is 6.97. The molecule has 0 saturated heterocycles. The van der Waals surface area contributed by atoms with Crippen LogP contribution in [0.25, 0.3) is 33.2 Å². The van der Waals surface area contributed by atoms with Crippen molar-refractivity contribution >= 4 is 115 Å². The smallest absolute Gasteiger partial charge is 0.741 e. The average Bonchev–Trinajstić information content (AvgIpc) is 3.13. The van der Waals surface area contributed by atoms with Crippen molar-refractivity contribution in [1.82, 2.24) is 30.0 Å². The van der Waals surface area contributed by atoms with Crippen LogP contribution in [0.3, 0.4) is 0 Å². The van der Waals surface area contributed by atoms with Crippen LogP contribution in [0.1, 0.15) is 11.6 Å². The average molecular weight is 1020 g/mol. The van der Waals surface area contributed by atoms with Gasteiger partial charge in [0.2, 0.25) is 0 Å². The molecule has 0 unspecified atom stereocenters. The minimum atomic E-state index is -0.392. The summed E-state index contributed by atoms with van der Waals surface area (Å²) in [6.07, 6.45) is 2.75. The zero-order valence-corrected chi connectivity index (χ0v) is 34.2. The SMILES string of the molecule is CN=C([S-])N/N=C/c1nc2ccc(I)cc2c(=O)n1-c1ccc(F)cc1.CN=C([S-])N/N=C/c1nc2ccc(I)cc2c(=O)n1-c1ccc(F)cc1.[Cu+2]. The summed E-state index contributed by atoms with van der Waals surface area (Å²) in [5.41, 5.74) is 6.62. The summed E-state index contributed by atoms with van der Waals surface area (Å²) in [5.74, 6) is -0.225. The fourth-order valence-corrected chi connectivity index (χ4v) is 5.68. The number of hydrazone groups is 2. The molecule has 0 amide bonds. The molecule has 2 heterocycles. The number of nitrogens with one attached hydrogen (secondary N) is 2. The summed E-state index contributed by atoms with van der Waals surface area (Å²) in [5, 5.41) is 9.28. The Balaban J connectivity index is 0.000000232. The number of nitrogens with zero attached hydrogens (tertiary/aromatic N) is 8. The molecule has 0 fully saturated rings. The molecule has 6 rings (SSSR count). The van der Waals surface area contributed by atoms with Crippen molar-refractivity contribution in [2.75, 3.05) is 14.1 Å². The maximum atomic E-state index is 13.3. The van der Waals surface area contributed by atoms with Crippen LogP contribution < -0.4 is 22.0 Å². The van der Waals surface area contributed by atoms with Crippen LogP contribution in [0.2, 0.25) is 0 Å². The molecular formula is C34H24CuF2I2N10O2S2. The Labute approximate surface area is 349 Å². The molecule has 19 heteroatoms. The van der Waals surface area contributed by atoms with E-state index in [1.165, 1.54) is 84.2 Å². The fraction of sp³-hybridized carbons (Fsp3) is 0.0588. The van der Waals surface area contributed by atoms with Gasteiger partial charge in [-0.15, -0.1) is 0 Å². The normalized spacial score (nSPS) is 11.8. The molecule has 0 spiro atoms. The topological polar surface area (TPSA) is 143 Å². The van der Waals surface area contributed by atoms with Crippen molar-refractivity contribution in [1.29, 1.82) is 0 Å². The van der Waals surface area contributed by atoms with Gasteiger partial charge in [0, 0.05) is 21.2 Å². The van der Waals surface area contributed by atoms with Crippen LogP contribution in [-0.4, -0.2) is 56.0 Å². The second-order valence-corrected chi connectivity index (χ2v) is 13.6. The number of aliphatic imine (C=N–C) groups is 2. The number of benzene rings is 4. The van der Waals surface area contributed by atoms with Crippen molar-refractivity contribution in [3.63, 3.8) is 0 Å². The van der Waals surface area contributed by atoms with Gasteiger partial charge >= 0.3 is 17.1 Å². The third kappa shape index (κ3) is 10.4. The summed E-state index contributed by atoms with van der Waals surface area (Å²) >= 11 is 14.1. The zero-order chi connectivity index (χ0) is 37.4. The van der Waals surface area contributed by atoms with Gasteiger partial charge in [0.05, 0.1) is 45.6 Å². The van der Waals surface area contributed by atoms with Gasteiger partial charge in [0.15, 0.2) is 11.6 Å². The van der Waals surface area contributed by atoms with Gasteiger partial charge in [-0.3, -0.25) is 39.6 Å². The Bertz CT molecular complexity index is 2340. The van der Waals surface area contributed by atoms with Crippen LogP contribution in [0.15, 0.2) is 115 Å². The standard InChI is InChI=1S/2C17H13FIN5OS.Cu/c2*1-20-17(26)23-21-9-15-22-14-7-4-11(19)8-13(14)16(25)24(15)12-5-2-10(18)3-6-12;/h2*2-9H,1H3,(H2,20,23,26);/q;;+2/p-2/b2*21-9+;. The van der Waals surface area contributed by atoms with Gasteiger partial charge in [-0.05, 0) is 140 Å². The summed E-state index contributed by atoms with van der Waals surface area (Å²) in [7, 11) is 3.07. The van der Waals surface area contributed by atoms with E-state index in [0.29, 0.717) is 33.2 Å². The van der Waals surface area contributed by atoms with Gasteiger partial charge < -0.3 is 25.3 Å². The zero-order valence-electron chi connectivity index (χ0n) is 27.3. The first kappa shape index (κ1) is 41.5. The molecule has 0 aliphatic rings. The van der Waals surface area contributed by atoms with Gasteiger partial charge in [-0.25, -0.2) is 18.7 Å². The number of rotatable bonds is 6. The molecule has 2 aromatic heterocycles. The van der Waals surface area contributed by atoms with Gasteiger partial charge in [-0.2, -0.15) is 10.2 Å². The van der Waals surface area contributed by atoms with Crippen molar-refractivity contribution in [2.45, 2.75) is 0 Å². The molecule has 0 aliphatic carbocycles. The second kappa shape index (κ2) is 19.2. The van der Waals surface area contributed by atoms with Crippen molar-refractivity contribution in [3.05, 3.63) is 136 Å². The van der Waals surface area contributed by atoms with Gasteiger partial charge in [0.25, 0.3) is 11.1 Å². The van der Waals surface area contributed by atoms with Crippen molar-refractivity contribution in [2.24, 2.45) is 20.2 Å². The fourth-order valence-electron chi connectivity index (χ4n) is 4.59. The first-order valence-electron chi connectivity index (χ1n) is 14.8. The number of fused-ring (bicyclic) bond motifs is 2. The number of aromatic nitrogens is 4. The van der Waals surface area contributed by atoms with E-state index < -0.39 is 11.6 Å². The molecule has 53 heavy (non-hydrogen) atoms. The molecule has 0 atom stereocenters. The molecular weight excluding hydrogens is 1000 g/mol. The van der Waals surface area contributed by atoms with Crippen LogP contribution in [0.5, 0.6) is 0 Å². The number of hydrogen-bond donors (Lipinski definition) is 2. The quantitative estimate of drug-likeness (QED) is 0.0582. The minimum Gasteiger partial charge on any atom is -0.741 e. The first-order chi connectivity index (χ1) is 25.0. The number of amidine groups is 2. The first-order valence-corrected chi connectivity index (χ1v) is 17.8. The molecule has 2 N–H and O–H groups in total. The molecule has 6 aromatic rings. The van der Waals surface area contributed by atoms with E-state index in [9.17, 15) is 18.4 Å². The summed E-state index contributed by atoms with van der Waals surface area (Å²) in [4.78, 5) is 42.6. The predicted octanol–water partition coefficient (Wildman–Crippen LogP) is 5.17. The maximum absolute atomic E-state index is 13.3. The van der Waals surface area contributed by atoms with E-state index in [1.807, 2.05) is 12.1 Å². The molecule has 12 nitrogen and oxygen atoms in total. The Morgan fingerprint density at radius 2 is 1.02 bits per heavy atom. The molecule has 273 valence electrons. The Kier molecular flexibility index (Phi) is 15.0. The monoisotopic (exact) mass is 1020 g/mol. The summed E-state index contributed by atoms with van der Waals surface area (Å²) in [6, 6.07) is 21.9. The maximum Gasteiger partial charge on any atom is 2.00 e. The van der Waals surface area contributed by atoms with Gasteiger partial charge in [0.1, 0.15) is 11.6 Å². The largest absolute Gasteiger partial charge is 2.00 e. The molecule has 0 aliphatic heterocycles. The van der Waals surface area contributed by atoms with E-state index in [-0.39, 0.29) is 50.2 Å². The van der Waals surface area contributed by atoms with E-state index in [2.05, 4.69) is 86.2 Å². The Hall–Kier alpha value is -4.28. The minimum absolute atomic E-state index is 0. The van der Waals surface area contributed by atoms with Gasteiger partial charge in [-0.1, -0.05) is 0 Å². The van der Waals surface area contributed by atoms with E-state index in [4.69, 9.17) is 25.3 Å². The molecule has 4 aromatic carbocycles. The summed E-state index contributed by atoms with van der Waals surface area (Å²) in [6.45, 7) is 0. The van der Waals surface area contributed by atoms with Crippen molar-refractivity contribution < 1.29 is 25.8 Å². The molecule has 0 bridgehead atoms. The van der Waals surface area contributed by atoms with E-state index >= 15 is 0 Å². The molecule has 0 saturated carbocycles. The molecule has 1 radical (unpaired) electrons. The van der Waals surface area contributed by atoms with Crippen LogP contribution in [-0.2, 0) is 42.3 Å². The van der Waals surface area contributed by atoms with E-state index in [0.717, 1.165) is 7.14 Å². The van der Waals surface area contributed by atoms with Crippen molar-refractivity contribution in [3.8, 4) is 11.4 Å². The summed E-state index contributed by atoms with van der Waals surface area (Å²) < 4.78 is 31.1. The number of hydrogen-bond acceptors (Lipinski definition) is 10.